The van der Waals surface area contributed by atoms with Crippen LogP contribution in [0.2, 0.25) is 0 Å². The van der Waals surface area contributed by atoms with Crippen LogP contribution in [0, 0.1) is 7.11 Å². The van der Waals surface area contributed by atoms with Crippen LogP contribution in [0.15, 0.2) is 0 Å². The number of hydrogen-bond acceptors (Lipinski definition) is 2. The van der Waals surface area contributed by atoms with Gasteiger partial charge in [0.05, 0.1) is 7.11 Å². The van der Waals surface area contributed by atoms with E-state index in [4.69, 9.17) is 0 Å². The third-order valence-electron chi connectivity index (χ3n) is 1.27. The van der Waals surface area contributed by atoms with Crippen LogP contribution in [-0.2, 0) is 9.09 Å². The van der Waals surface area contributed by atoms with E-state index in [1.54, 1.807) is 0 Å². The molecule has 2 nitrogen and oxygen atoms in total. The van der Waals surface area contributed by atoms with Crippen molar-refractivity contribution in [2.75, 3.05) is 0 Å². The molecule has 0 heterocycles. The van der Waals surface area contributed by atoms with Crippen molar-refractivity contribution in [3.05, 3.63) is 7.11 Å². The lowest BCUT2D eigenvalue weighted by molar-refractivity contribution is 0.444. The van der Waals surface area contributed by atoms with Gasteiger partial charge in [0, 0.05) is 5.66 Å². The Kier molecular flexibility index (Phi) is 5.12. The second kappa shape index (κ2) is 5.01. The van der Waals surface area contributed by atoms with Gasteiger partial charge in [-0.1, -0.05) is 20.3 Å². The van der Waals surface area contributed by atoms with E-state index in [0.29, 0.717) is 0 Å². The van der Waals surface area contributed by atoms with Crippen LogP contribution in [0.5, 0.6) is 0 Å². The van der Waals surface area contributed by atoms with Crippen molar-refractivity contribution < 1.29 is 9.09 Å². The molecule has 0 saturated carbocycles. The Morgan fingerprint density at radius 3 is 2.67 bits per heavy atom. The SMILES string of the molecule is [CH2]O[PH](=O)C(C)CCC. The Bertz CT molecular complexity index is 93.1. The molecule has 0 amide bonds. The summed E-state index contributed by atoms with van der Waals surface area (Å²) in [6.07, 6.45) is 2.02. The van der Waals surface area contributed by atoms with Gasteiger partial charge in [0.15, 0.2) is 8.03 Å². The zero-order valence-corrected chi connectivity index (χ0v) is 7.02. The molecule has 0 bridgehead atoms. The minimum absolute atomic E-state index is 0.192. The maximum absolute atomic E-state index is 10.8. The van der Waals surface area contributed by atoms with Crippen molar-refractivity contribution in [1.29, 1.82) is 0 Å². The monoisotopic (exact) mass is 149 g/mol. The number of hydrogen-bond donors (Lipinski definition) is 0. The van der Waals surface area contributed by atoms with Crippen molar-refractivity contribution in [2.24, 2.45) is 0 Å². The highest BCUT2D eigenvalue weighted by Crippen LogP contribution is 2.30. The summed E-state index contributed by atoms with van der Waals surface area (Å²) < 4.78 is 15.3. The fraction of sp³-hybridized carbons (Fsp3) is 0.833. The van der Waals surface area contributed by atoms with Crippen LogP contribution >= 0.6 is 8.03 Å². The highest BCUT2D eigenvalue weighted by atomic mass is 31.1. The summed E-state index contributed by atoms with van der Waals surface area (Å²) in [4.78, 5) is 0. The topological polar surface area (TPSA) is 26.3 Å². The van der Waals surface area contributed by atoms with Crippen molar-refractivity contribution in [2.45, 2.75) is 32.3 Å². The molecule has 0 aromatic rings. The van der Waals surface area contributed by atoms with Gasteiger partial charge in [0.2, 0.25) is 0 Å². The van der Waals surface area contributed by atoms with Gasteiger partial charge in [-0.15, -0.1) is 0 Å². The van der Waals surface area contributed by atoms with Gasteiger partial charge < -0.3 is 4.52 Å². The lowest BCUT2D eigenvalue weighted by Crippen LogP contribution is -1.93. The van der Waals surface area contributed by atoms with Crippen molar-refractivity contribution in [1.82, 2.24) is 0 Å². The van der Waals surface area contributed by atoms with E-state index in [2.05, 4.69) is 18.6 Å². The van der Waals surface area contributed by atoms with Crippen LogP contribution in [0.25, 0.3) is 0 Å². The van der Waals surface area contributed by atoms with Gasteiger partial charge in [-0.25, -0.2) is 0 Å². The summed E-state index contributed by atoms with van der Waals surface area (Å²) in [6.45, 7) is 3.99. The normalized spacial score (nSPS) is 17.2. The lowest BCUT2D eigenvalue weighted by atomic mass is 10.3. The van der Waals surface area contributed by atoms with Crippen LogP contribution in [-0.4, -0.2) is 5.66 Å². The quantitative estimate of drug-likeness (QED) is 0.574. The average Bonchev–Trinajstić information content (AvgIpc) is 1.87. The first-order chi connectivity index (χ1) is 4.22. The fourth-order valence-electron chi connectivity index (χ4n) is 0.693. The van der Waals surface area contributed by atoms with Gasteiger partial charge in [0.25, 0.3) is 0 Å². The van der Waals surface area contributed by atoms with Crippen LogP contribution < -0.4 is 0 Å². The molecule has 0 aliphatic carbocycles. The molecule has 0 aromatic carbocycles. The second-order valence-electron chi connectivity index (χ2n) is 2.15. The van der Waals surface area contributed by atoms with E-state index in [1.165, 1.54) is 0 Å². The molecule has 0 rings (SSSR count). The van der Waals surface area contributed by atoms with Crippen LogP contribution in [0.4, 0.5) is 0 Å². The second-order valence-corrected chi connectivity index (χ2v) is 4.07. The molecule has 0 aliphatic rings. The van der Waals surface area contributed by atoms with Crippen LogP contribution in [0.1, 0.15) is 26.7 Å². The molecule has 3 heteroatoms. The molecular formula is C6H14O2P. The molecule has 0 aromatic heterocycles. The zero-order chi connectivity index (χ0) is 7.28. The Morgan fingerprint density at radius 2 is 2.33 bits per heavy atom. The van der Waals surface area contributed by atoms with Crippen LogP contribution in [0.3, 0.4) is 0 Å². The average molecular weight is 149 g/mol. The fourth-order valence-corrected chi connectivity index (χ4v) is 1.50. The van der Waals surface area contributed by atoms with E-state index in [9.17, 15) is 4.57 Å². The van der Waals surface area contributed by atoms with E-state index in [-0.39, 0.29) is 5.66 Å². The summed E-state index contributed by atoms with van der Waals surface area (Å²) in [6, 6.07) is 0. The van der Waals surface area contributed by atoms with Gasteiger partial charge in [-0.2, -0.15) is 0 Å². The molecule has 2 atom stereocenters. The van der Waals surface area contributed by atoms with Gasteiger partial charge in [-0.3, -0.25) is 4.57 Å². The predicted molar refractivity (Wildman–Crippen MR) is 39.8 cm³/mol. The van der Waals surface area contributed by atoms with Crippen molar-refractivity contribution in [3.8, 4) is 0 Å². The first-order valence-corrected chi connectivity index (χ1v) is 4.57. The van der Waals surface area contributed by atoms with Crippen molar-refractivity contribution in [3.63, 3.8) is 0 Å². The van der Waals surface area contributed by atoms with E-state index in [0.717, 1.165) is 12.8 Å². The highest BCUT2D eigenvalue weighted by molar-refractivity contribution is 7.40. The molecule has 9 heavy (non-hydrogen) atoms. The minimum atomic E-state index is -1.83. The van der Waals surface area contributed by atoms with E-state index < -0.39 is 8.03 Å². The third kappa shape index (κ3) is 3.72. The molecule has 2 unspecified atom stereocenters. The summed E-state index contributed by atoms with van der Waals surface area (Å²) >= 11 is 0. The zero-order valence-electron chi connectivity index (χ0n) is 6.02. The largest absolute Gasteiger partial charge is 0.328 e. The van der Waals surface area contributed by atoms with Gasteiger partial charge in [0.1, 0.15) is 0 Å². The molecule has 1 radical (unpaired) electrons. The standard InChI is InChI=1S/C6H14O2P/c1-4-5-6(2)9(7)8-3/h6,9H,3-5H2,1-2H3. The Morgan fingerprint density at radius 1 is 1.78 bits per heavy atom. The smallest absolute Gasteiger partial charge is 0.194 e. The minimum Gasteiger partial charge on any atom is -0.328 e. The van der Waals surface area contributed by atoms with Crippen molar-refractivity contribution >= 4 is 8.03 Å². The maximum Gasteiger partial charge on any atom is 0.194 e. The molecule has 0 fully saturated rings. The summed E-state index contributed by atoms with van der Waals surface area (Å²) in [5.41, 5.74) is 0.192. The molecule has 0 N–H and O–H groups in total. The van der Waals surface area contributed by atoms with E-state index >= 15 is 0 Å². The molecule has 0 saturated heterocycles. The Hall–Kier alpha value is 0.190. The lowest BCUT2D eigenvalue weighted by Gasteiger charge is -2.06. The summed E-state index contributed by atoms with van der Waals surface area (Å²) in [5, 5.41) is 0. The first kappa shape index (κ1) is 9.19. The van der Waals surface area contributed by atoms with E-state index in [1.807, 2.05) is 6.92 Å². The van der Waals surface area contributed by atoms with Gasteiger partial charge in [-0.05, 0) is 6.42 Å². The highest BCUT2D eigenvalue weighted by Gasteiger charge is 2.07. The maximum atomic E-state index is 10.8. The molecular weight excluding hydrogens is 135 g/mol. The summed E-state index contributed by atoms with van der Waals surface area (Å²) in [5.74, 6) is 0. The summed E-state index contributed by atoms with van der Waals surface area (Å²) in [7, 11) is 1.29. The first-order valence-electron chi connectivity index (χ1n) is 3.18. The predicted octanol–water partition coefficient (Wildman–Crippen LogP) is 2.46. The Balaban J connectivity index is 3.45. The number of rotatable bonds is 4. The molecule has 0 spiro atoms. The molecule has 0 aliphatic heterocycles. The third-order valence-corrected chi connectivity index (χ3v) is 2.64. The molecule has 55 valence electrons. The Labute approximate surface area is 57.5 Å². The van der Waals surface area contributed by atoms with Gasteiger partial charge >= 0.3 is 0 Å².